The fraction of sp³-hybridized carbons (Fsp3) is 0.227. The second-order valence-electron chi connectivity index (χ2n) is 6.85. The molecule has 9 heteroatoms. The first-order chi connectivity index (χ1) is 14.9. The molecule has 3 rings (SSSR count). The van der Waals surface area contributed by atoms with Crippen LogP contribution < -0.4 is 5.32 Å². The molecule has 3 aromatic rings. The fourth-order valence-corrected chi connectivity index (χ4v) is 4.62. The van der Waals surface area contributed by atoms with Crippen molar-refractivity contribution in [2.45, 2.75) is 25.5 Å². The summed E-state index contributed by atoms with van der Waals surface area (Å²) in [6, 6.07) is 14.5. The third-order valence-corrected chi connectivity index (χ3v) is 6.22. The average Bonchev–Trinajstić information content (AvgIpc) is 3.14. The summed E-state index contributed by atoms with van der Waals surface area (Å²) in [6.07, 6.45) is 1.34. The molecule has 1 N–H and O–H groups in total. The van der Waals surface area contributed by atoms with Crippen molar-refractivity contribution in [3.63, 3.8) is 0 Å². The van der Waals surface area contributed by atoms with Gasteiger partial charge in [-0.3, -0.25) is 4.79 Å². The predicted octanol–water partition coefficient (Wildman–Crippen LogP) is 3.45. The van der Waals surface area contributed by atoms with Gasteiger partial charge in [-0.05, 0) is 41.7 Å². The lowest BCUT2D eigenvalue weighted by molar-refractivity contribution is -0.114. The molecule has 0 bridgehead atoms. The minimum Gasteiger partial charge on any atom is -0.465 e. The molecule has 0 radical (unpaired) electrons. The maximum Gasteiger partial charge on any atom is 0.337 e. The van der Waals surface area contributed by atoms with Crippen molar-refractivity contribution < 1.29 is 22.7 Å². The monoisotopic (exact) mass is 458 g/mol. The van der Waals surface area contributed by atoms with E-state index in [2.05, 4.69) is 10.3 Å². The Morgan fingerprint density at radius 3 is 2.23 bits per heavy atom. The molecule has 0 fully saturated rings. The largest absolute Gasteiger partial charge is 0.465 e. The van der Waals surface area contributed by atoms with Gasteiger partial charge in [0.25, 0.3) is 0 Å². The number of nitrogens with zero attached hydrogens (tertiary/aromatic N) is 1. The van der Waals surface area contributed by atoms with Crippen molar-refractivity contribution in [2.75, 3.05) is 12.4 Å². The summed E-state index contributed by atoms with van der Waals surface area (Å²) in [5.74, 6) is -0.567. The van der Waals surface area contributed by atoms with Gasteiger partial charge in [-0.1, -0.05) is 47.7 Å². The molecule has 0 atom stereocenters. The molecule has 2 aromatic carbocycles. The molecule has 1 heterocycles. The number of hydrogen-bond acceptors (Lipinski definition) is 7. The molecular formula is C22H22N2O5S2. The third-order valence-electron chi connectivity index (χ3n) is 4.53. The lowest BCUT2D eigenvalue weighted by atomic mass is 10.0. The SMILES string of the molecule is COC(=O)c1ccc(CCc2nc(NC(C)=O)sc2-c2ccc(C[SH](=O)=O)cc2)cc1. The summed E-state index contributed by atoms with van der Waals surface area (Å²) < 4.78 is 26.6. The van der Waals surface area contributed by atoms with Crippen molar-refractivity contribution in [3.8, 4) is 10.4 Å². The number of benzene rings is 2. The quantitative estimate of drug-likeness (QED) is 0.396. The van der Waals surface area contributed by atoms with Crippen LogP contribution in [0.15, 0.2) is 48.5 Å². The van der Waals surface area contributed by atoms with Gasteiger partial charge in [0.2, 0.25) is 5.91 Å². The second-order valence-corrected chi connectivity index (χ2v) is 8.83. The number of ether oxygens (including phenoxy) is 1. The van der Waals surface area contributed by atoms with E-state index in [1.165, 1.54) is 25.4 Å². The van der Waals surface area contributed by atoms with Gasteiger partial charge in [0, 0.05) is 6.92 Å². The van der Waals surface area contributed by atoms with Crippen LogP contribution in [0.2, 0.25) is 0 Å². The first kappa shape index (κ1) is 22.6. The molecule has 0 aliphatic heterocycles. The van der Waals surface area contributed by atoms with E-state index in [-0.39, 0.29) is 17.6 Å². The van der Waals surface area contributed by atoms with Gasteiger partial charge >= 0.3 is 5.97 Å². The van der Waals surface area contributed by atoms with Crippen LogP contribution in [-0.4, -0.2) is 32.4 Å². The van der Waals surface area contributed by atoms with Crippen LogP contribution in [0.25, 0.3) is 10.4 Å². The Morgan fingerprint density at radius 2 is 1.65 bits per heavy atom. The maximum atomic E-state index is 11.6. The van der Waals surface area contributed by atoms with Gasteiger partial charge < -0.3 is 10.1 Å². The standard InChI is InChI=1S/C22H22N2O5S2/c1-14(25)23-22-24-19(12-7-15-3-10-18(11-4-15)21(26)29-2)20(30-22)17-8-5-16(6-9-17)13-31(27)28/h3-6,8-11,31H,7,12-13H2,1-2H3,(H,23,24,25). The number of nitrogens with one attached hydrogen (secondary N) is 1. The van der Waals surface area contributed by atoms with Crippen LogP contribution in [0.3, 0.4) is 0 Å². The lowest BCUT2D eigenvalue weighted by Gasteiger charge is -2.05. The number of thiol groups is 1. The topological polar surface area (TPSA) is 102 Å². The lowest BCUT2D eigenvalue weighted by Crippen LogP contribution is -2.05. The van der Waals surface area contributed by atoms with Gasteiger partial charge in [-0.15, -0.1) is 0 Å². The molecular weight excluding hydrogens is 436 g/mol. The van der Waals surface area contributed by atoms with Crippen LogP contribution in [-0.2, 0) is 38.8 Å². The smallest absolute Gasteiger partial charge is 0.337 e. The van der Waals surface area contributed by atoms with Crippen molar-refractivity contribution in [1.82, 2.24) is 4.98 Å². The van der Waals surface area contributed by atoms with Crippen molar-refractivity contribution >= 4 is 39.0 Å². The number of hydrogen-bond donors (Lipinski definition) is 2. The third kappa shape index (κ3) is 6.22. The molecule has 0 unspecified atom stereocenters. The van der Waals surface area contributed by atoms with Gasteiger partial charge in [0.1, 0.15) is 10.7 Å². The number of aromatic nitrogens is 1. The Labute approximate surface area is 186 Å². The summed E-state index contributed by atoms with van der Waals surface area (Å²) in [5.41, 5.74) is 4.01. The Kier molecular flexibility index (Phi) is 7.54. The number of rotatable bonds is 8. The van der Waals surface area contributed by atoms with Crippen molar-refractivity contribution in [3.05, 3.63) is 70.9 Å². The van der Waals surface area contributed by atoms with Crippen molar-refractivity contribution in [1.29, 1.82) is 0 Å². The number of anilines is 1. The zero-order chi connectivity index (χ0) is 22.4. The number of methoxy groups -OCH3 is 1. The minimum absolute atomic E-state index is 0.00384. The van der Waals surface area contributed by atoms with Gasteiger partial charge in [-0.25, -0.2) is 18.2 Å². The zero-order valence-corrected chi connectivity index (χ0v) is 18.8. The molecule has 0 saturated heterocycles. The number of esters is 1. The number of aryl methyl sites for hydroxylation is 2. The van der Waals surface area contributed by atoms with Crippen molar-refractivity contribution in [2.24, 2.45) is 0 Å². The van der Waals surface area contributed by atoms with Gasteiger partial charge in [0.05, 0.1) is 29.0 Å². The summed E-state index contributed by atoms with van der Waals surface area (Å²) >= 11 is 1.38. The molecule has 0 saturated carbocycles. The molecule has 31 heavy (non-hydrogen) atoms. The summed E-state index contributed by atoms with van der Waals surface area (Å²) in [5, 5.41) is 3.25. The summed E-state index contributed by atoms with van der Waals surface area (Å²) in [7, 11) is -1.13. The Morgan fingerprint density at radius 1 is 1.00 bits per heavy atom. The second kappa shape index (κ2) is 10.3. The number of carbonyl (C=O) groups excluding carboxylic acids is 2. The number of carbonyl (C=O) groups is 2. The summed E-state index contributed by atoms with van der Waals surface area (Å²) in [6.45, 7) is 1.43. The highest BCUT2D eigenvalue weighted by molar-refractivity contribution is 7.71. The van der Waals surface area contributed by atoms with Gasteiger partial charge in [0.15, 0.2) is 5.13 Å². The maximum absolute atomic E-state index is 11.6. The van der Waals surface area contributed by atoms with Crippen LogP contribution in [0.5, 0.6) is 0 Å². The Bertz CT molecular complexity index is 1140. The van der Waals surface area contributed by atoms with E-state index >= 15 is 0 Å². The highest BCUT2D eigenvalue weighted by Gasteiger charge is 2.15. The molecule has 0 spiro atoms. The Balaban J connectivity index is 1.82. The zero-order valence-electron chi connectivity index (χ0n) is 17.1. The summed E-state index contributed by atoms with van der Waals surface area (Å²) in [4.78, 5) is 28.6. The highest BCUT2D eigenvalue weighted by atomic mass is 32.2. The molecule has 0 aliphatic carbocycles. The first-order valence-corrected chi connectivity index (χ1v) is 11.7. The number of thiazole rings is 1. The average molecular weight is 459 g/mol. The number of amides is 1. The molecule has 7 nitrogen and oxygen atoms in total. The van der Waals surface area contributed by atoms with E-state index in [4.69, 9.17) is 4.74 Å². The van der Waals surface area contributed by atoms with E-state index in [1.807, 2.05) is 24.3 Å². The van der Waals surface area contributed by atoms with E-state index in [1.54, 1.807) is 24.3 Å². The van der Waals surface area contributed by atoms with E-state index in [9.17, 15) is 18.0 Å². The molecule has 162 valence electrons. The molecule has 0 aliphatic rings. The Hall–Kier alpha value is -3.04. The predicted molar refractivity (Wildman–Crippen MR) is 121 cm³/mol. The van der Waals surface area contributed by atoms with Crippen LogP contribution >= 0.6 is 11.3 Å². The van der Waals surface area contributed by atoms with Crippen LogP contribution in [0, 0.1) is 0 Å². The minimum atomic E-state index is -2.48. The fourth-order valence-electron chi connectivity index (χ4n) is 3.05. The van der Waals surface area contributed by atoms with E-state index in [0.29, 0.717) is 23.5 Å². The molecule has 1 amide bonds. The first-order valence-electron chi connectivity index (χ1n) is 9.51. The normalized spacial score (nSPS) is 10.8. The van der Waals surface area contributed by atoms with Crippen LogP contribution in [0.4, 0.5) is 5.13 Å². The highest BCUT2D eigenvalue weighted by Crippen LogP contribution is 2.34. The van der Waals surface area contributed by atoms with Gasteiger partial charge in [-0.2, -0.15) is 0 Å². The van der Waals surface area contributed by atoms with Crippen LogP contribution in [0.1, 0.15) is 34.1 Å². The van der Waals surface area contributed by atoms with E-state index in [0.717, 1.165) is 27.3 Å². The molecule has 1 aromatic heterocycles. The van der Waals surface area contributed by atoms with E-state index < -0.39 is 10.7 Å².